The molecule has 0 spiro atoms. The Morgan fingerprint density at radius 2 is 2.08 bits per heavy atom. The first kappa shape index (κ1) is 20.3. The van der Waals surface area contributed by atoms with E-state index in [-0.39, 0.29) is 0 Å². The van der Waals surface area contributed by atoms with Crippen LogP contribution in [-0.4, -0.2) is 50.2 Å². The number of ether oxygens (including phenoxy) is 1. The lowest BCUT2D eigenvalue weighted by Gasteiger charge is -2.21. The highest BCUT2D eigenvalue weighted by Crippen LogP contribution is 2.18. The first-order valence-corrected chi connectivity index (χ1v) is 9.79. The normalized spacial score (nSPS) is 16.3. The Morgan fingerprint density at radius 1 is 1.31 bits per heavy atom. The van der Waals surface area contributed by atoms with Crippen LogP contribution in [-0.2, 0) is 6.54 Å². The molecule has 1 unspecified atom stereocenters. The number of benzene rings is 1. The van der Waals surface area contributed by atoms with Crippen LogP contribution < -0.4 is 15.4 Å². The van der Waals surface area contributed by atoms with Gasteiger partial charge in [0.05, 0.1) is 6.54 Å². The van der Waals surface area contributed by atoms with E-state index in [4.69, 9.17) is 9.73 Å². The Hall–Kier alpha value is -2.01. The van der Waals surface area contributed by atoms with Crippen LogP contribution in [0.5, 0.6) is 5.75 Å². The zero-order valence-corrected chi connectivity index (χ0v) is 16.3. The van der Waals surface area contributed by atoms with Crippen molar-refractivity contribution in [3.8, 4) is 5.75 Å². The molecule has 2 rings (SSSR count). The molecule has 5 heteroatoms. The van der Waals surface area contributed by atoms with Crippen LogP contribution in [0.3, 0.4) is 0 Å². The van der Waals surface area contributed by atoms with Crippen LogP contribution in [0.15, 0.2) is 41.9 Å². The molecule has 1 saturated heterocycles. The Labute approximate surface area is 158 Å². The zero-order valence-electron chi connectivity index (χ0n) is 16.3. The lowest BCUT2D eigenvalue weighted by molar-refractivity contribution is 0.287. The number of nitrogens with zero attached hydrogens (tertiary/aromatic N) is 2. The van der Waals surface area contributed by atoms with Gasteiger partial charge in [-0.25, -0.2) is 4.99 Å². The molecule has 26 heavy (non-hydrogen) atoms. The van der Waals surface area contributed by atoms with E-state index in [0.29, 0.717) is 19.1 Å². The fraction of sp³-hybridized carbons (Fsp3) is 0.571. The lowest BCUT2D eigenvalue weighted by atomic mass is 10.1. The van der Waals surface area contributed by atoms with E-state index in [9.17, 15) is 0 Å². The third-order valence-corrected chi connectivity index (χ3v) is 4.47. The second kappa shape index (κ2) is 11.6. The van der Waals surface area contributed by atoms with E-state index in [1.54, 1.807) is 6.08 Å². The third kappa shape index (κ3) is 7.08. The maximum absolute atomic E-state index is 5.72. The monoisotopic (exact) mass is 358 g/mol. The van der Waals surface area contributed by atoms with E-state index >= 15 is 0 Å². The largest absolute Gasteiger partial charge is 0.489 e. The number of rotatable bonds is 10. The summed E-state index contributed by atoms with van der Waals surface area (Å²) in [5, 5.41) is 6.82. The Kier molecular flexibility index (Phi) is 9.04. The molecule has 1 aliphatic heterocycles. The van der Waals surface area contributed by atoms with Gasteiger partial charge in [0.1, 0.15) is 12.4 Å². The minimum atomic E-state index is 0.507. The molecule has 0 amide bonds. The van der Waals surface area contributed by atoms with Gasteiger partial charge in [-0.05, 0) is 44.8 Å². The molecule has 1 fully saturated rings. The van der Waals surface area contributed by atoms with Gasteiger partial charge in [-0.2, -0.15) is 0 Å². The predicted molar refractivity (Wildman–Crippen MR) is 110 cm³/mol. The molecule has 144 valence electrons. The second-order valence-corrected chi connectivity index (χ2v) is 6.90. The molecule has 0 saturated carbocycles. The fourth-order valence-electron chi connectivity index (χ4n) is 3.17. The van der Waals surface area contributed by atoms with E-state index in [0.717, 1.165) is 36.9 Å². The third-order valence-electron chi connectivity index (χ3n) is 4.47. The van der Waals surface area contributed by atoms with Crippen LogP contribution >= 0.6 is 0 Å². The summed E-state index contributed by atoms with van der Waals surface area (Å²) in [7, 11) is 0. The number of hydrogen-bond donors (Lipinski definition) is 2. The average Bonchev–Trinajstić information content (AvgIpc) is 3.16. The summed E-state index contributed by atoms with van der Waals surface area (Å²) in [4.78, 5) is 7.29. The smallest absolute Gasteiger partial charge is 0.191 e. The summed E-state index contributed by atoms with van der Waals surface area (Å²) in [6.45, 7) is 14.6. The predicted octanol–water partition coefficient (Wildman–Crippen LogP) is 3.04. The van der Waals surface area contributed by atoms with E-state index in [1.807, 2.05) is 18.2 Å². The molecule has 1 aliphatic rings. The van der Waals surface area contributed by atoms with Gasteiger partial charge in [-0.15, -0.1) is 0 Å². The summed E-state index contributed by atoms with van der Waals surface area (Å²) in [5.41, 5.74) is 1.08. The topological polar surface area (TPSA) is 48.9 Å². The number of aliphatic imine (C=N–C) groups is 1. The van der Waals surface area contributed by atoms with E-state index < -0.39 is 0 Å². The molecule has 5 nitrogen and oxygen atoms in total. The number of guanidine groups is 1. The summed E-state index contributed by atoms with van der Waals surface area (Å²) in [6.07, 6.45) is 4.45. The number of likely N-dealkylation sites (tertiary alicyclic amines) is 1. The molecule has 0 bridgehead atoms. The van der Waals surface area contributed by atoms with Crippen molar-refractivity contribution in [2.75, 3.05) is 39.3 Å². The Morgan fingerprint density at radius 3 is 2.81 bits per heavy atom. The van der Waals surface area contributed by atoms with Crippen LogP contribution in [0.1, 0.15) is 32.3 Å². The molecular formula is C21H34N4O. The minimum Gasteiger partial charge on any atom is -0.489 e. The van der Waals surface area contributed by atoms with Gasteiger partial charge in [-0.1, -0.05) is 37.8 Å². The average molecular weight is 359 g/mol. The van der Waals surface area contributed by atoms with Gasteiger partial charge in [0.2, 0.25) is 0 Å². The van der Waals surface area contributed by atoms with Crippen molar-refractivity contribution in [2.24, 2.45) is 10.9 Å². The zero-order chi connectivity index (χ0) is 18.6. The SMILES string of the molecule is C=CCOc1ccccc1CN=C(NCC)NCC(C)CN1CCCC1. The summed E-state index contributed by atoms with van der Waals surface area (Å²) in [5.74, 6) is 2.33. The molecular weight excluding hydrogens is 324 g/mol. The van der Waals surface area contributed by atoms with Gasteiger partial charge in [-0.3, -0.25) is 0 Å². The maximum atomic E-state index is 5.72. The van der Waals surface area contributed by atoms with Gasteiger partial charge in [0, 0.05) is 25.2 Å². The highest BCUT2D eigenvalue weighted by molar-refractivity contribution is 5.79. The summed E-state index contributed by atoms with van der Waals surface area (Å²) in [6, 6.07) is 8.04. The minimum absolute atomic E-state index is 0.507. The number of hydrogen-bond acceptors (Lipinski definition) is 3. The van der Waals surface area contributed by atoms with Crippen molar-refractivity contribution >= 4 is 5.96 Å². The quantitative estimate of drug-likeness (QED) is 0.383. The molecule has 2 N–H and O–H groups in total. The van der Waals surface area contributed by atoms with Gasteiger partial charge in [0.25, 0.3) is 0 Å². The maximum Gasteiger partial charge on any atom is 0.191 e. The van der Waals surface area contributed by atoms with Crippen molar-refractivity contribution in [2.45, 2.75) is 33.2 Å². The lowest BCUT2D eigenvalue weighted by Crippen LogP contribution is -2.41. The van der Waals surface area contributed by atoms with Crippen molar-refractivity contribution in [3.63, 3.8) is 0 Å². The van der Waals surface area contributed by atoms with Gasteiger partial charge in [0.15, 0.2) is 5.96 Å². The van der Waals surface area contributed by atoms with Gasteiger partial charge < -0.3 is 20.3 Å². The van der Waals surface area contributed by atoms with E-state index in [2.05, 4.69) is 42.0 Å². The van der Waals surface area contributed by atoms with Crippen LogP contribution in [0, 0.1) is 5.92 Å². The first-order chi connectivity index (χ1) is 12.7. The number of nitrogens with one attached hydrogen (secondary N) is 2. The Balaban J connectivity index is 1.88. The summed E-state index contributed by atoms with van der Waals surface area (Å²) < 4.78 is 5.72. The molecule has 0 aromatic heterocycles. The van der Waals surface area contributed by atoms with Crippen LogP contribution in [0.2, 0.25) is 0 Å². The molecule has 1 aromatic carbocycles. The highest BCUT2D eigenvalue weighted by atomic mass is 16.5. The molecule has 1 aromatic rings. The molecule has 1 heterocycles. The van der Waals surface area contributed by atoms with Crippen molar-refractivity contribution in [1.82, 2.24) is 15.5 Å². The van der Waals surface area contributed by atoms with E-state index in [1.165, 1.54) is 25.9 Å². The molecule has 1 atom stereocenters. The highest BCUT2D eigenvalue weighted by Gasteiger charge is 2.14. The van der Waals surface area contributed by atoms with Gasteiger partial charge >= 0.3 is 0 Å². The fourth-order valence-corrected chi connectivity index (χ4v) is 3.17. The number of para-hydroxylation sites is 1. The Bertz CT molecular complexity index is 567. The van der Waals surface area contributed by atoms with Crippen molar-refractivity contribution < 1.29 is 4.74 Å². The second-order valence-electron chi connectivity index (χ2n) is 6.90. The molecule has 0 radical (unpaired) electrons. The van der Waals surface area contributed by atoms with Crippen molar-refractivity contribution in [1.29, 1.82) is 0 Å². The standard InChI is InChI=1S/C21H34N4O/c1-4-14-26-20-11-7-6-10-19(20)16-24-21(22-5-2)23-15-18(3)17-25-12-8-9-13-25/h4,6-7,10-11,18H,1,5,8-9,12-17H2,2-3H3,(H2,22,23,24). The first-order valence-electron chi connectivity index (χ1n) is 9.79. The molecule has 0 aliphatic carbocycles. The summed E-state index contributed by atoms with van der Waals surface area (Å²) >= 11 is 0. The van der Waals surface area contributed by atoms with Crippen LogP contribution in [0.25, 0.3) is 0 Å². The van der Waals surface area contributed by atoms with Crippen LogP contribution in [0.4, 0.5) is 0 Å². The van der Waals surface area contributed by atoms with Crippen molar-refractivity contribution in [3.05, 3.63) is 42.5 Å².